The maximum atomic E-state index is 13.3. The number of para-hydroxylation sites is 2. The van der Waals surface area contributed by atoms with E-state index in [-0.39, 0.29) is 17.1 Å². The van der Waals surface area contributed by atoms with Gasteiger partial charge in [0.25, 0.3) is 11.8 Å². The molecular formula is C22H23NO3S. The zero-order valence-corrected chi connectivity index (χ0v) is 16.6. The van der Waals surface area contributed by atoms with Crippen LogP contribution in [0.1, 0.15) is 32.8 Å². The molecule has 0 bridgehead atoms. The van der Waals surface area contributed by atoms with Gasteiger partial charge < -0.3 is 4.74 Å². The Hall–Kier alpha value is -2.53. The van der Waals surface area contributed by atoms with Gasteiger partial charge in [-0.2, -0.15) is 0 Å². The first-order chi connectivity index (χ1) is 13.0. The number of thioether (sulfide) groups is 1. The SMILES string of the molecule is CCCOc1ccccc1N1C(=O)C(SC(C)C)=C(c2ccccc2)C1=O. The second kappa shape index (κ2) is 8.44. The third-order valence-corrected chi connectivity index (χ3v) is 5.11. The number of hydrogen-bond donors (Lipinski definition) is 0. The van der Waals surface area contributed by atoms with Crippen LogP contribution in [-0.2, 0) is 9.59 Å². The molecule has 0 saturated heterocycles. The van der Waals surface area contributed by atoms with E-state index in [0.717, 1.165) is 12.0 Å². The van der Waals surface area contributed by atoms with Crippen molar-refractivity contribution in [1.29, 1.82) is 0 Å². The monoisotopic (exact) mass is 381 g/mol. The molecule has 0 unspecified atom stereocenters. The molecule has 0 aliphatic carbocycles. The smallest absolute Gasteiger partial charge is 0.272 e. The molecule has 2 aromatic carbocycles. The van der Waals surface area contributed by atoms with Crippen LogP contribution in [0.4, 0.5) is 5.69 Å². The number of hydrogen-bond acceptors (Lipinski definition) is 4. The number of carbonyl (C=O) groups excluding carboxylic acids is 2. The predicted molar refractivity (Wildman–Crippen MR) is 111 cm³/mol. The van der Waals surface area contributed by atoms with Gasteiger partial charge in [-0.15, -0.1) is 11.8 Å². The van der Waals surface area contributed by atoms with Crippen LogP contribution in [0, 0.1) is 0 Å². The highest BCUT2D eigenvalue weighted by Gasteiger charge is 2.41. The van der Waals surface area contributed by atoms with Crippen molar-refractivity contribution in [3.8, 4) is 5.75 Å². The van der Waals surface area contributed by atoms with Crippen LogP contribution in [0.2, 0.25) is 0 Å². The highest BCUT2D eigenvalue weighted by molar-refractivity contribution is 8.04. The topological polar surface area (TPSA) is 46.6 Å². The van der Waals surface area contributed by atoms with Gasteiger partial charge >= 0.3 is 0 Å². The molecule has 2 amide bonds. The molecule has 0 aromatic heterocycles. The molecular weight excluding hydrogens is 358 g/mol. The summed E-state index contributed by atoms with van der Waals surface area (Å²) in [5, 5.41) is 0.182. The zero-order valence-electron chi connectivity index (χ0n) is 15.8. The highest BCUT2D eigenvalue weighted by atomic mass is 32.2. The first-order valence-corrected chi connectivity index (χ1v) is 9.99. The normalized spacial score (nSPS) is 14.4. The lowest BCUT2D eigenvalue weighted by Crippen LogP contribution is -2.31. The van der Waals surface area contributed by atoms with Gasteiger partial charge in [0.05, 0.1) is 22.8 Å². The molecule has 1 aliphatic rings. The van der Waals surface area contributed by atoms with Gasteiger partial charge in [-0.1, -0.05) is 63.2 Å². The van der Waals surface area contributed by atoms with E-state index in [2.05, 4.69) is 0 Å². The van der Waals surface area contributed by atoms with Gasteiger partial charge in [0.1, 0.15) is 5.75 Å². The van der Waals surface area contributed by atoms with Crippen molar-refractivity contribution in [2.75, 3.05) is 11.5 Å². The molecule has 0 spiro atoms. The maximum absolute atomic E-state index is 13.3. The molecule has 1 heterocycles. The second-order valence-electron chi connectivity index (χ2n) is 6.50. The molecule has 4 nitrogen and oxygen atoms in total. The van der Waals surface area contributed by atoms with Crippen LogP contribution in [0.25, 0.3) is 5.57 Å². The predicted octanol–water partition coefficient (Wildman–Crippen LogP) is 4.90. The fraction of sp³-hybridized carbons (Fsp3) is 0.273. The number of rotatable bonds is 7. The number of anilines is 1. The van der Waals surface area contributed by atoms with Crippen LogP contribution in [0.3, 0.4) is 0 Å². The second-order valence-corrected chi connectivity index (χ2v) is 8.09. The van der Waals surface area contributed by atoms with Crippen molar-refractivity contribution in [2.45, 2.75) is 32.4 Å². The molecule has 0 saturated carbocycles. The molecule has 140 valence electrons. The quantitative estimate of drug-likeness (QED) is 0.640. The van der Waals surface area contributed by atoms with Crippen LogP contribution < -0.4 is 9.64 Å². The Morgan fingerprint density at radius 2 is 1.63 bits per heavy atom. The Labute approximate surface area is 164 Å². The van der Waals surface area contributed by atoms with Crippen LogP contribution in [0.15, 0.2) is 59.5 Å². The third kappa shape index (κ3) is 3.93. The maximum Gasteiger partial charge on any atom is 0.272 e. The lowest BCUT2D eigenvalue weighted by molar-refractivity contribution is -0.119. The molecule has 0 fully saturated rings. The molecule has 0 radical (unpaired) electrons. The summed E-state index contributed by atoms with van der Waals surface area (Å²) in [4.78, 5) is 28.3. The van der Waals surface area contributed by atoms with Crippen molar-refractivity contribution in [3.63, 3.8) is 0 Å². The van der Waals surface area contributed by atoms with E-state index >= 15 is 0 Å². The lowest BCUT2D eigenvalue weighted by Gasteiger charge is -2.19. The summed E-state index contributed by atoms with van der Waals surface area (Å²) in [6.45, 7) is 6.57. The van der Waals surface area contributed by atoms with Crippen molar-refractivity contribution in [2.24, 2.45) is 0 Å². The largest absolute Gasteiger partial charge is 0.491 e. The van der Waals surface area contributed by atoms with Gasteiger partial charge in [0.15, 0.2) is 0 Å². The Balaban J connectivity index is 2.07. The van der Waals surface area contributed by atoms with Gasteiger partial charge in [0.2, 0.25) is 0 Å². The summed E-state index contributed by atoms with van der Waals surface area (Å²) in [7, 11) is 0. The van der Waals surface area contributed by atoms with E-state index in [1.807, 2.05) is 63.2 Å². The minimum Gasteiger partial charge on any atom is -0.491 e. The number of amides is 2. The molecule has 3 rings (SSSR count). The summed E-state index contributed by atoms with van der Waals surface area (Å²) in [5.41, 5.74) is 1.71. The van der Waals surface area contributed by atoms with Crippen molar-refractivity contribution in [3.05, 3.63) is 65.1 Å². The Morgan fingerprint density at radius 3 is 2.30 bits per heavy atom. The Bertz CT molecular complexity index is 874. The summed E-state index contributed by atoms with van der Waals surface area (Å²) in [6, 6.07) is 16.6. The van der Waals surface area contributed by atoms with E-state index < -0.39 is 0 Å². The zero-order chi connectivity index (χ0) is 19.4. The Kier molecular flexibility index (Phi) is 6.01. The molecule has 0 N–H and O–H groups in total. The first kappa shape index (κ1) is 19.2. The number of carbonyl (C=O) groups is 2. The van der Waals surface area contributed by atoms with E-state index in [0.29, 0.717) is 28.5 Å². The summed E-state index contributed by atoms with van der Waals surface area (Å²) < 4.78 is 5.78. The van der Waals surface area contributed by atoms with E-state index in [4.69, 9.17) is 4.74 Å². The van der Waals surface area contributed by atoms with Gasteiger partial charge in [-0.05, 0) is 24.1 Å². The minimum absolute atomic E-state index is 0.182. The van der Waals surface area contributed by atoms with Crippen molar-refractivity contribution in [1.82, 2.24) is 0 Å². The standard InChI is InChI=1S/C22H23NO3S/c1-4-14-26-18-13-9-8-12-17(18)23-21(24)19(16-10-6-5-7-11-16)20(22(23)25)27-15(2)3/h5-13,15H,4,14H2,1-3H3. The third-order valence-electron chi connectivity index (χ3n) is 4.03. The van der Waals surface area contributed by atoms with E-state index in [1.54, 1.807) is 12.1 Å². The molecule has 0 atom stereocenters. The van der Waals surface area contributed by atoms with Crippen LogP contribution in [-0.4, -0.2) is 23.7 Å². The van der Waals surface area contributed by atoms with Gasteiger partial charge in [-0.3, -0.25) is 9.59 Å². The van der Waals surface area contributed by atoms with E-state index in [9.17, 15) is 9.59 Å². The van der Waals surface area contributed by atoms with Crippen molar-refractivity contribution >= 4 is 34.8 Å². The average molecular weight is 381 g/mol. The van der Waals surface area contributed by atoms with Crippen LogP contribution in [0.5, 0.6) is 5.75 Å². The summed E-state index contributed by atoms with van der Waals surface area (Å²) >= 11 is 1.43. The highest BCUT2D eigenvalue weighted by Crippen LogP contribution is 2.42. The molecule has 5 heteroatoms. The number of imide groups is 1. The first-order valence-electron chi connectivity index (χ1n) is 9.11. The summed E-state index contributed by atoms with van der Waals surface area (Å²) in [6.07, 6.45) is 0.845. The van der Waals surface area contributed by atoms with Gasteiger partial charge in [0, 0.05) is 5.25 Å². The Morgan fingerprint density at radius 1 is 0.963 bits per heavy atom. The fourth-order valence-corrected chi connectivity index (χ4v) is 3.90. The number of benzene rings is 2. The lowest BCUT2D eigenvalue weighted by atomic mass is 10.1. The van der Waals surface area contributed by atoms with Crippen molar-refractivity contribution < 1.29 is 14.3 Å². The van der Waals surface area contributed by atoms with Gasteiger partial charge in [-0.25, -0.2) is 4.90 Å². The minimum atomic E-state index is -0.304. The molecule has 1 aliphatic heterocycles. The summed E-state index contributed by atoms with van der Waals surface area (Å²) in [5.74, 6) is -0.0451. The number of ether oxygens (including phenoxy) is 1. The number of nitrogens with zero attached hydrogens (tertiary/aromatic N) is 1. The molecule has 2 aromatic rings. The van der Waals surface area contributed by atoms with Crippen LogP contribution >= 0.6 is 11.8 Å². The molecule has 27 heavy (non-hydrogen) atoms. The average Bonchev–Trinajstić information content (AvgIpc) is 2.90. The fourth-order valence-electron chi connectivity index (χ4n) is 2.91. The van der Waals surface area contributed by atoms with E-state index in [1.165, 1.54) is 16.7 Å².